The van der Waals surface area contributed by atoms with Crippen molar-refractivity contribution in [3.63, 3.8) is 0 Å². The first-order valence-corrected chi connectivity index (χ1v) is 2.79. The van der Waals surface area contributed by atoms with Crippen LogP contribution in [-0.2, 0) is 4.79 Å². The van der Waals surface area contributed by atoms with Crippen molar-refractivity contribution >= 4 is 5.97 Å². The van der Waals surface area contributed by atoms with Crippen molar-refractivity contribution in [2.75, 3.05) is 6.54 Å². The van der Waals surface area contributed by atoms with Gasteiger partial charge in [0.15, 0.2) is 0 Å². The number of hydrogen-bond donors (Lipinski definition) is 2. The summed E-state index contributed by atoms with van der Waals surface area (Å²) in [6.07, 6.45) is -0.278. The Morgan fingerprint density at radius 3 is 2.40 bits per heavy atom. The molecule has 10 heavy (non-hydrogen) atoms. The van der Waals surface area contributed by atoms with Gasteiger partial charge in [-0.1, -0.05) is 0 Å². The molecule has 2 unspecified atom stereocenters. The molecule has 52 valence electrons. The monoisotopic (exact) mass is 169 g/mol. The molecule has 0 aromatic carbocycles. The predicted molar refractivity (Wildman–Crippen MR) is 30.3 cm³/mol. The zero-order valence-electron chi connectivity index (χ0n) is 5.82. The van der Waals surface area contributed by atoms with Crippen LogP contribution in [0.15, 0.2) is 0 Å². The van der Waals surface area contributed by atoms with E-state index in [1.54, 1.807) is 0 Å². The van der Waals surface area contributed by atoms with Crippen LogP contribution in [-0.4, -0.2) is 34.9 Å². The number of rotatable bonds is 1. The molecule has 0 aliphatic carbocycles. The number of aliphatic hydroxyl groups excluding tert-OH is 1. The van der Waals surface area contributed by atoms with Crippen LogP contribution in [0.2, 0.25) is 0 Å². The number of carboxylic acid groups (broad SMARTS) is 1. The minimum atomic E-state index is -1.03. The fourth-order valence-electron chi connectivity index (χ4n) is 0.868. The maximum absolute atomic E-state index is 10.2. The van der Waals surface area contributed by atoms with Crippen molar-refractivity contribution in [2.24, 2.45) is 0 Å². The van der Waals surface area contributed by atoms with Gasteiger partial charge < -0.3 is 15.5 Å². The smallest absolute Gasteiger partial charge is 0.648 e. The van der Waals surface area contributed by atoms with E-state index in [1.165, 1.54) is 0 Å². The Morgan fingerprint density at radius 1 is 1.60 bits per heavy atom. The third-order valence-corrected chi connectivity index (χ3v) is 1.37. The topological polar surface area (TPSA) is 71.6 Å². The van der Waals surface area contributed by atoms with Gasteiger partial charge in [-0.2, -0.15) is 0 Å². The summed E-state index contributed by atoms with van der Waals surface area (Å²) in [4.78, 5) is 10.2. The van der Waals surface area contributed by atoms with Gasteiger partial charge in [0.2, 0.25) is 0 Å². The van der Waals surface area contributed by atoms with Gasteiger partial charge >= 0.3 is 51.4 Å². The Hall–Kier alpha value is 1.03. The molecule has 1 saturated heterocycles. The summed E-state index contributed by atoms with van der Waals surface area (Å²) in [5.41, 5.74) is 0. The molecule has 0 radical (unpaired) electrons. The SMILES string of the molecule is O=C(O)C1[N-]CCC1O.[K+]. The molecule has 2 N–H and O–H groups in total. The number of aliphatic carboxylic acids is 1. The van der Waals surface area contributed by atoms with Gasteiger partial charge in [0, 0.05) is 6.10 Å². The van der Waals surface area contributed by atoms with Gasteiger partial charge in [-0.3, -0.25) is 4.79 Å². The largest absolute Gasteiger partial charge is 1.00 e. The number of carbonyl (C=O) groups is 1. The van der Waals surface area contributed by atoms with Crippen LogP contribution >= 0.6 is 0 Å². The van der Waals surface area contributed by atoms with Crippen LogP contribution in [0.4, 0.5) is 0 Å². The molecule has 1 fully saturated rings. The van der Waals surface area contributed by atoms with Crippen LogP contribution in [0, 0.1) is 0 Å². The van der Waals surface area contributed by atoms with Gasteiger partial charge in [0.1, 0.15) is 0 Å². The van der Waals surface area contributed by atoms with E-state index in [0.717, 1.165) is 0 Å². The molecule has 0 spiro atoms. The summed E-state index contributed by atoms with van der Waals surface area (Å²) in [7, 11) is 0. The van der Waals surface area contributed by atoms with Gasteiger partial charge in [0.05, 0.1) is 0 Å². The van der Waals surface area contributed by atoms with E-state index in [2.05, 4.69) is 5.32 Å². The summed E-state index contributed by atoms with van der Waals surface area (Å²) in [5.74, 6) is -1.03. The fraction of sp³-hybridized carbons (Fsp3) is 0.800. The van der Waals surface area contributed by atoms with Gasteiger partial charge in [-0.05, 0) is 12.5 Å². The number of nitrogens with zero attached hydrogens (tertiary/aromatic N) is 1. The molecule has 0 bridgehead atoms. The normalized spacial score (nSPS) is 31.3. The second-order valence-corrected chi connectivity index (χ2v) is 2.05. The summed E-state index contributed by atoms with van der Waals surface area (Å²) < 4.78 is 0. The average molecular weight is 169 g/mol. The van der Waals surface area contributed by atoms with Crippen LogP contribution < -0.4 is 51.4 Å². The Balaban J connectivity index is 0.000000810. The molecular formula is C5H8KNO3. The molecular weight excluding hydrogens is 161 g/mol. The Labute approximate surface area is 101 Å². The average Bonchev–Trinajstić information content (AvgIpc) is 2.13. The van der Waals surface area contributed by atoms with E-state index in [1.807, 2.05) is 0 Å². The molecule has 5 heteroatoms. The van der Waals surface area contributed by atoms with Gasteiger partial charge in [0.25, 0.3) is 5.97 Å². The van der Waals surface area contributed by atoms with Crippen molar-refractivity contribution in [3.05, 3.63) is 5.32 Å². The molecule has 1 aliphatic heterocycles. The van der Waals surface area contributed by atoms with Crippen LogP contribution in [0.1, 0.15) is 6.42 Å². The second-order valence-electron chi connectivity index (χ2n) is 2.05. The first-order valence-electron chi connectivity index (χ1n) is 2.79. The van der Waals surface area contributed by atoms with Crippen LogP contribution in [0.25, 0.3) is 5.32 Å². The first kappa shape index (κ1) is 11.0. The van der Waals surface area contributed by atoms with E-state index in [-0.39, 0.29) is 51.4 Å². The molecule has 4 nitrogen and oxygen atoms in total. The zero-order chi connectivity index (χ0) is 6.85. The fourth-order valence-corrected chi connectivity index (χ4v) is 0.868. The van der Waals surface area contributed by atoms with E-state index >= 15 is 0 Å². The third kappa shape index (κ3) is 2.58. The minimum absolute atomic E-state index is 0. The maximum Gasteiger partial charge on any atom is 1.00 e. The molecule has 0 saturated carbocycles. The summed E-state index contributed by atoms with van der Waals surface area (Å²) in [5, 5.41) is 20.9. The van der Waals surface area contributed by atoms with Gasteiger partial charge in [-0.15, -0.1) is 6.54 Å². The zero-order valence-corrected chi connectivity index (χ0v) is 8.94. The molecule has 2 atom stereocenters. The van der Waals surface area contributed by atoms with E-state index in [4.69, 9.17) is 10.2 Å². The second kappa shape index (κ2) is 4.81. The number of aliphatic hydroxyl groups is 1. The number of carboxylic acids is 1. The Kier molecular flexibility index (Phi) is 5.31. The van der Waals surface area contributed by atoms with E-state index in [0.29, 0.717) is 13.0 Å². The third-order valence-electron chi connectivity index (χ3n) is 1.37. The first-order chi connectivity index (χ1) is 4.22. The summed E-state index contributed by atoms with van der Waals surface area (Å²) >= 11 is 0. The van der Waals surface area contributed by atoms with Crippen molar-refractivity contribution in [2.45, 2.75) is 18.6 Å². The van der Waals surface area contributed by atoms with Crippen molar-refractivity contribution < 1.29 is 66.4 Å². The minimum Gasteiger partial charge on any atom is -0.648 e. The van der Waals surface area contributed by atoms with E-state index in [9.17, 15) is 4.79 Å². The van der Waals surface area contributed by atoms with Crippen molar-refractivity contribution in [1.82, 2.24) is 0 Å². The molecule has 0 aromatic rings. The van der Waals surface area contributed by atoms with Crippen LogP contribution in [0.5, 0.6) is 0 Å². The molecule has 0 amide bonds. The Morgan fingerprint density at radius 2 is 2.20 bits per heavy atom. The maximum atomic E-state index is 10.2. The predicted octanol–water partition coefficient (Wildman–Crippen LogP) is -3.42. The van der Waals surface area contributed by atoms with Crippen LogP contribution in [0.3, 0.4) is 0 Å². The summed E-state index contributed by atoms with van der Waals surface area (Å²) in [6.45, 7) is 0.470. The molecule has 0 aromatic heterocycles. The van der Waals surface area contributed by atoms with E-state index < -0.39 is 18.1 Å². The number of hydrogen-bond acceptors (Lipinski definition) is 2. The summed E-state index contributed by atoms with van der Waals surface area (Å²) in [6, 6.07) is -0.870. The quantitative estimate of drug-likeness (QED) is 0.402. The van der Waals surface area contributed by atoms with Crippen molar-refractivity contribution in [1.29, 1.82) is 0 Å². The molecule has 1 heterocycles. The van der Waals surface area contributed by atoms with Gasteiger partial charge in [-0.25, -0.2) is 0 Å². The molecule has 1 aliphatic rings. The molecule has 1 rings (SSSR count). The standard InChI is InChI=1S/C5H8NO3.K/c7-3-1-2-6-4(3)5(8)9;/h3-4,7H,1-2H2,(H,8,9);/q-1;+1. The Bertz CT molecular complexity index is 130. The van der Waals surface area contributed by atoms with Crippen molar-refractivity contribution in [3.8, 4) is 0 Å².